The first-order valence-electron chi connectivity index (χ1n) is 7.97. The van der Waals surface area contributed by atoms with Crippen LogP contribution in [0.25, 0.3) is 0 Å². The Balaban J connectivity index is 1.81. The highest BCUT2D eigenvalue weighted by molar-refractivity contribution is 5.95. The lowest BCUT2D eigenvalue weighted by molar-refractivity contribution is -0.123. The molecule has 3 rings (SSSR count). The van der Waals surface area contributed by atoms with E-state index in [1.54, 1.807) is 16.9 Å². The molecule has 3 heterocycles. The molecule has 0 spiro atoms. The Morgan fingerprint density at radius 1 is 1.38 bits per heavy atom. The summed E-state index contributed by atoms with van der Waals surface area (Å²) in [5.74, 6) is -0.183. The molecular formula is C17H21N5O2. The van der Waals surface area contributed by atoms with E-state index < -0.39 is 0 Å². The van der Waals surface area contributed by atoms with Crippen molar-refractivity contribution in [2.24, 2.45) is 7.05 Å². The van der Waals surface area contributed by atoms with Gasteiger partial charge in [0.2, 0.25) is 5.91 Å². The first-order chi connectivity index (χ1) is 11.4. The lowest BCUT2D eigenvalue weighted by Gasteiger charge is -2.32. The van der Waals surface area contributed by atoms with Gasteiger partial charge in [0, 0.05) is 30.9 Å². The molecule has 0 saturated carbocycles. The zero-order valence-electron chi connectivity index (χ0n) is 14.0. The standard InChI is InChI=1S/C17H21N5O2/c1-10-4-5-13(11(2)19-10)17(24)20-14-6-7-15(23)21-16(14)12-8-18-22(3)9-12/h4-5,8-9,14,16H,6-7H2,1-3H3,(H,20,24)(H,21,23)/t14-,16+/m1/s1. The van der Waals surface area contributed by atoms with Gasteiger partial charge in [0.05, 0.1) is 29.5 Å². The second-order valence-electron chi connectivity index (χ2n) is 6.20. The van der Waals surface area contributed by atoms with E-state index >= 15 is 0 Å². The lowest BCUT2D eigenvalue weighted by Crippen LogP contribution is -2.50. The van der Waals surface area contributed by atoms with Gasteiger partial charge in [0.25, 0.3) is 5.91 Å². The Labute approximate surface area is 140 Å². The number of hydrogen-bond donors (Lipinski definition) is 2. The van der Waals surface area contributed by atoms with Crippen LogP contribution in [0.1, 0.15) is 46.2 Å². The van der Waals surface area contributed by atoms with Gasteiger partial charge in [-0.15, -0.1) is 0 Å². The summed E-state index contributed by atoms with van der Waals surface area (Å²) in [6, 6.07) is 3.15. The molecule has 0 radical (unpaired) electrons. The van der Waals surface area contributed by atoms with Crippen LogP contribution in [0.4, 0.5) is 0 Å². The normalized spacial score (nSPS) is 20.5. The Hall–Kier alpha value is -2.70. The maximum atomic E-state index is 12.6. The number of carbonyl (C=O) groups excluding carboxylic acids is 2. The monoisotopic (exact) mass is 327 g/mol. The molecule has 24 heavy (non-hydrogen) atoms. The molecule has 0 aromatic carbocycles. The maximum Gasteiger partial charge on any atom is 0.253 e. The molecule has 0 aliphatic carbocycles. The molecule has 7 heteroatoms. The number of rotatable bonds is 3. The highest BCUT2D eigenvalue weighted by Gasteiger charge is 2.32. The average Bonchev–Trinajstić information content (AvgIpc) is 2.95. The second-order valence-corrected chi connectivity index (χ2v) is 6.20. The Morgan fingerprint density at radius 2 is 2.17 bits per heavy atom. The van der Waals surface area contributed by atoms with Gasteiger partial charge in [0.1, 0.15) is 0 Å². The minimum absolute atomic E-state index is 0.0115. The second kappa shape index (κ2) is 6.43. The quantitative estimate of drug-likeness (QED) is 0.886. The van der Waals surface area contributed by atoms with E-state index in [4.69, 9.17) is 0 Å². The van der Waals surface area contributed by atoms with Gasteiger partial charge in [-0.2, -0.15) is 5.10 Å². The van der Waals surface area contributed by atoms with Crippen LogP contribution in [0.3, 0.4) is 0 Å². The fourth-order valence-electron chi connectivity index (χ4n) is 3.04. The van der Waals surface area contributed by atoms with Crippen LogP contribution in [0.5, 0.6) is 0 Å². The van der Waals surface area contributed by atoms with E-state index in [0.29, 0.717) is 24.1 Å². The molecule has 2 N–H and O–H groups in total. The summed E-state index contributed by atoms with van der Waals surface area (Å²) in [5.41, 5.74) is 3.02. The lowest BCUT2D eigenvalue weighted by atomic mass is 9.93. The van der Waals surface area contributed by atoms with Crippen molar-refractivity contribution in [3.8, 4) is 0 Å². The summed E-state index contributed by atoms with van der Waals surface area (Å²) >= 11 is 0. The zero-order chi connectivity index (χ0) is 17.3. The highest BCUT2D eigenvalue weighted by Crippen LogP contribution is 2.24. The Kier molecular flexibility index (Phi) is 4.33. The fraction of sp³-hybridized carbons (Fsp3) is 0.412. The first-order valence-corrected chi connectivity index (χ1v) is 7.97. The molecule has 2 atom stereocenters. The number of piperidine rings is 1. The van der Waals surface area contributed by atoms with Gasteiger partial charge < -0.3 is 10.6 Å². The Bertz CT molecular complexity index is 783. The number of aryl methyl sites for hydroxylation is 3. The van der Waals surface area contributed by atoms with E-state index in [1.807, 2.05) is 33.2 Å². The predicted octanol–water partition coefficient (Wildman–Crippen LogP) is 1.18. The van der Waals surface area contributed by atoms with Crippen molar-refractivity contribution in [1.29, 1.82) is 0 Å². The SMILES string of the molecule is Cc1ccc(C(=O)N[C@@H]2CCC(=O)N[C@H]2c2cnn(C)c2)c(C)n1. The van der Waals surface area contributed by atoms with Crippen molar-refractivity contribution in [2.45, 2.75) is 38.8 Å². The molecule has 2 aromatic rings. The molecule has 2 amide bonds. The minimum Gasteiger partial charge on any atom is -0.347 e. The van der Waals surface area contributed by atoms with Crippen molar-refractivity contribution in [2.75, 3.05) is 0 Å². The van der Waals surface area contributed by atoms with Gasteiger partial charge >= 0.3 is 0 Å². The van der Waals surface area contributed by atoms with Gasteiger partial charge in [-0.1, -0.05) is 0 Å². The van der Waals surface area contributed by atoms with Crippen molar-refractivity contribution in [3.63, 3.8) is 0 Å². The van der Waals surface area contributed by atoms with Crippen LogP contribution < -0.4 is 10.6 Å². The molecule has 1 aliphatic heterocycles. The Morgan fingerprint density at radius 3 is 2.83 bits per heavy atom. The van der Waals surface area contributed by atoms with Crippen LogP contribution in [-0.4, -0.2) is 32.6 Å². The summed E-state index contributed by atoms with van der Waals surface area (Å²) in [4.78, 5) is 28.7. The van der Waals surface area contributed by atoms with Gasteiger partial charge in [-0.05, 0) is 32.4 Å². The number of nitrogens with zero attached hydrogens (tertiary/aromatic N) is 3. The number of pyridine rings is 1. The molecule has 7 nitrogen and oxygen atoms in total. The van der Waals surface area contributed by atoms with Crippen LogP contribution in [0, 0.1) is 13.8 Å². The molecule has 1 aliphatic rings. The van der Waals surface area contributed by atoms with Gasteiger partial charge in [0.15, 0.2) is 0 Å². The van der Waals surface area contributed by atoms with Crippen LogP contribution in [0.2, 0.25) is 0 Å². The summed E-state index contributed by atoms with van der Waals surface area (Å²) < 4.78 is 1.68. The number of hydrogen-bond acceptors (Lipinski definition) is 4. The maximum absolute atomic E-state index is 12.6. The van der Waals surface area contributed by atoms with Gasteiger partial charge in [-0.3, -0.25) is 19.3 Å². The summed E-state index contributed by atoms with van der Waals surface area (Å²) in [6.07, 6.45) is 4.56. The molecular weight excluding hydrogens is 306 g/mol. The van der Waals surface area contributed by atoms with Crippen molar-refractivity contribution >= 4 is 11.8 Å². The summed E-state index contributed by atoms with van der Waals surface area (Å²) in [5, 5.41) is 10.2. The summed E-state index contributed by atoms with van der Waals surface area (Å²) in [6.45, 7) is 3.72. The third-order valence-electron chi connectivity index (χ3n) is 4.27. The topological polar surface area (TPSA) is 88.9 Å². The van der Waals surface area contributed by atoms with E-state index in [-0.39, 0.29) is 23.9 Å². The average molecular weight is 327 g/mol. The van der Waals surface area contributed by atoms with E-state index in [9.17, 15) is 9.59 Å². The third-order valence-corrected chi connectivity index (χ3v) is 4.27. The molecule has 1 saturated heterocycles. The smallest absolute Gasteiger partial charge is 0.253 e. The van der Waals surface area contributed by atoms with E-state index in [0.717, 1.165) is 11.3 Å². The molecule has 0 unspecified atom stereocenters. The number of carbonyl (C=O) groups is 2. The van der Waals surface area contributed by atoms with E-state index in [1.165, 1.54) is 0 Å². The van der Waals surface area contributed by atoms with Crippen LogP contribution in [-0.2, 0) is 11.8 Å². The molecule has 2 aromatic heterocycles. The van der Waals surface area contributed by atoms with E-state index in [2.05, 4.69) is 20.7 Å². The number of amides is 2. The molecule has 0 bridgehead atoms. The largest absolute Gasteiger partial charge is 0.347 e. The third kappa shape index (κ3) is 3.29. The molecule has 126 valence electrons. The molecule has 1 fully saturated rings. The first kappa shape index (κ1) is 16.2. The zero-order valence-corrected chi connectivity index (χ0v) is 14.0. The summed E-state index contributed by atoms with van der Waals surface area (Å²) in [7, 11) is 1.82. The minimum atomic E-state index is -0.275. The number of nitrogens with one attached hydrogen (secondary N) is 2. The van der Waals surface area contributed by atoms with Crippen LogP contribution in [0.15, 0.2) is 24.5 Å². The fourth-order valence-corrected chi connectivity index (χ4v) is 3.04. The van der Waals surface area contributed by atoms with Gasteiger partial charge in [-0.25, -0.2) is 0 Å². The van der Waals surface area contributed by atoms with Crippen molar-refractivity contribution in [3.05, 3.63) is 47.0 Å². The van der Waals surface area contributed by atoms with Crippen LogP contribution >= 0.6 is 0 Å². The highest BCUT2D eigenvalue weighted by atomic mass is 16.2. The number of aromatic nitrogens is 3. The van der Waals surface area contributed by atoms with Crippen molar-refractivity contribution < 1.29 is 9.59 Å². The van der Waals surface area contributed by atoms with Crippen molar-refractivity contribution in [1.82, 2.24) is 25.4 Å². The predicted molar refractivity (Wildman–Crippen MR) is 88.3 cm³/mol.